The molecule has 7 nitrogen and oxygen atoms in total. The number of amides is 1. The Morgan fingerprint density at radius 3 is 2.46 bits per heavy atom. The van der Waals surface area contributed by atoms with Gasteiger partial charge < -0.3 is 14.6 Å². The van der Waals surface area contributed by atoms with E-state index in [9.17, 15) is 14.7 Å². The monoisotopic (exact) mass is 514 g/mol. The van der Waals surface area contributed by atoms with Gasteiger partial charge in [0.2, 0.25) is 0 Å². The molecule has 1 aliphatic heterocycles. The molecular weight excluding hydrogens is 488 g/mol. The molecule has 1 fully saturated rings. The Bertz CT molecular complexity index is 1550. The number of methoxy groups -OCH3 is 2. The van der Waals surface area contributed by atoms with E-state index in [2.05, 4.69) is 6.92 Å². The van der Waals surface area contributed by atoms with Crippen LogP contribution in [0, 0.1) is 6.92 Å². The predicted molar refractivity (Wildman–Crippen MR) is 145 cm³/mol. The van der Waals surface area contributed by atoms with Crippen LogP contribution >= 0.6 is 11.3 Å². The van der Waals surface area contributed by atoms with E-state index < -0.39 is 17.7 Å². The Hall–Kier alpha value is -4.17. The third-order valence-corrected chi connectivity index (χ3v) is 7.57. The van der Waals surface area contributed by atoms with Crippen molar-refractivity contribution < 1.29 is 24.2 Å². The number of hydrogen-bond acceptors (Lipinski definition) is 7. The minimum absolute atomic E-state index is 0.0334. The molecule has 37 heavy (non-hydrogen) atoms. The van der Waals surface area contributed by atoms with Gasteiger partial charge in [-0.05, 0) is 49.2 Å². The summed E-state index contributed by atoms with van der Waals surface area (Å²) in [4.78, 5) is 33.1. The maximum atomic E-state index is 13.6. The number of nitrogens with zero attached hydrogens (tertiary/aromatic N) is 2. The average molecular weight is 515 g/mol. The Morgan fingerprint density at radius 1 is 1.03 bits per heavy atom. The molecule has 1 aromatic heterocycles. The number of fused-ring (bicyclic) bond motifs is 1. The predicted octanol–water partition coefficient (Wildman–Crippen LogP) is 5.81. The lowest BCUT2D eigenvalue weighted by molar-refractivity contribution is -0.132. The van der Waals surface area contributed by atoms with Gasteiger partial charge in [0.1, 0.15) is 23.3 Å². The number of ketones is 1. The molecule has 4 aromatic rings. The lowest BCUT2D eigenvalue weighted by Crippen LogP contribution is -2.29. The van der Waals surface area contributed by atoms with Gasteiger partial charge in [0.15, 0.2) is 5.13 Å². The highest BCUT2D eigenvalue weighted by Crippen LogP contribution is 2.47. The molecule has 1 N–H and O–H groups in total. The van der Waals surface area contributed by atoms with Crippen LogP contribution in [-0.2, 0) is 16.0 Å². The van der Waals surface area contributed by atoms with E-state index in [1.165, 1.54) is 30.5 Å². The normalized spacial score (nSPS) is 17.0. The highest BCUT2D eigenvalue weighted by Gasteiger charge is 2.49. The number of aliphatic hydroxyl groups is 1. The molecule has 8 heteroatoms. The number of aromatic nitrogens is 1. The molecule has 0 radical (unpaired) electrons. The van der Waals surface area contributed by atoms with Crippen molar-refractivity contribution in [2.24, 2.45) is 0 Å². The molecule has 0 saturated carbocycles. The molecular formula is C29H26N2O5S. The van der Waals surface area contributed by atoms with E-state index in [1.54, 1.807) is 30.3 Å². The highest BCUT2D eigenvalue weighted by atomic mass is 32.1. The van der Waals surface area contributed by atoms with Gasteiger partial charge in [0, 0.05) is 11.1 Å². The Labute approximate surface area is 218 Å². The molecule has 0 spiro atoms. The second-order valence-corrected chi connectivity index (χ2v) is 9.80. The van der Waals surface area contributed by atoms with Gasteiger partial charge in [0.05, 0.1) is 30.0 Å². The van der Waals surface area contributed by atoms with Crippen LogP contribution in [0.25, 0.3) is 16.0 Å². The third-order valence-electron chi connectivity index (χ3n) is 6.56. The Balaban J connectivity index is 1.77. The first kappa shape index (κ1) is 24.5. The molecule has 1 saturated heterocycles. The fourth-order valence-electron chi connectivity index (χ4n) is 4.52. The van der Waals surface area contributed by atoms with Gasteiger partial charge in [-0.25, -0.2) is 4.98 Å². The molecule has 5 rings (SSSR count). The van der Waals surface area contributed by atoms with Crippen LogP contribution in [0.15, 0.2) is 66.2 Å². The van der Waals surface area contributed by atoms with Crippen molar-refractivity contribution in [3.8, 4) is 11.5 Å². The summed E-state index contributed by atoms with van der Waals surface area (Å²) in [6, 6.07) is 17.3. The lowest BCUT2D eigenvalue weighted by Gasteiger charge is -2.25. The SMILES string of the molecule is CCc1ccc2nc(N3C(=O)C(=O)C(=C(O)c4ccc(C)cc4)[C@H]3c3cc(OC)ccc3OC)sc2c1. The fourth-order valence-corrected chi connectivity index (χ4v) is 5.58. The van der Waals surface area contributed by atoms with E-state index in [0.29, 0.717) is 27.8 Å². The average Bonchev–Trinajstić information content (AvgIpc) is 3.45. The zero-order chi connectivity index (χ0) is 26.3. The van der Waals surface area contributed by atoms with Gasteiger partial charge in [-0.1, -0.05) is 54.2 Å². The standard InChI is InChI=1S/C29H26N2O5S/c1-5-17-8-12-21-23(14-17)37-29(30-21)31-25(20-15-19(35-3)11-13-22(20)36-4)24(27(33)28(31)34)26(32)18-9-6-16(2)7-10-18/h6-15,25,32H,5H2,1-4H3/t25-/m1/s1. The summed E-state index contributed by atoms with van der Waals surface area (Å²) in [5.41, 5.74) is 3.79. The van der Waals surface area contributed by atoms with Crippen LogP contribution in [0.5, 0.6) is 11.5 Å². The zero-order valence-corrected chi connectivity index (χ0v) is 21.8. The number of ether oxygens (including phenoxy) is 2. The summed E-state index contributed by atoms with van der Waals surface area (Å²) in [5.74, 6) is -0.847. The van der Waals surface area contributed by atoms with Crippen molar-refractivity contribution in [2.75, 3.05) is 19.1 Å². The van der Waals surface area contributed by atoms with E-state index in [0.717, 1.165) is 27.8 Å². The number of hydrogen-bond donors (Lipinski definition) is 1. The summed E-state index contributed by atoms with van der Waals surface area (Å²) < 4.78 is 12.0. The van der Waals surface area contributed by atoms with E-state index in [1.807, 2.05) is 37.3 Å². The van der Waals surface area contributed by atoms with Crippen molar-refractivity contribution in [1.82, 2.24) is 4.98 Å². The second-order valence-electron chi connectivity index (χ2n) is 8.80. The van der Waals surface area contributed by atoms with Crippen molar-refractivity contribution in [3.05, 3.63) is 88.5 Å². The third kappa shape index (κ3) is 4.23. The molecule has 1 amide bonds. The van der Waals surface area contributed by atoms with E-state index in [4.69, 9.17) is 14.5 Å². The number of thiazole rings is 1. The van der Waals surface area contributed by atoms with Gasteiger partial charge in [-0.2, -0.15) is 0 Å². The van der Waals surface area contributed by atoms with Crippen LogP contribution < -0.4 is 14.4 Å². The minimum atomic E-state index is -0.974. The number of rotatable bonds is 6. The first-order valence-electron chi connectivity index (χ1n) is 11.9. The summed E-state index contributed by atoms with van der Waals surface area (Å²) in [7, 11) is 3.05. The van der Waals surface area contributed by atoms with Crippen molar-refractivity contribution >= 4 is 44.1 Å². The molecule has 1 atom stereocenters. The largest absolute Gasteiger partial charge is 0.507 e. The van der Waals surface area contributed by atoms with Crippen molar-refractivity contribution in [1.29, 1.82) is 0 Å². The number of carbonyl (C=O) groups is 2. The fraction of sp³-hybridized carbons (Fsp3) is 0.207. The molecule has 2 heterocycles. The molecule has 0 aliphatic carbocycles. The first-order chi connectivity index (χ1) is 17.9. The number of aliphatic hydroxyl groups excluding tert-OH is 1. The van der Waals surface area contributed by atoms with Crippen LogP contribution in [0.4, 0.5) is 5.13 Å². The Morgan fingerprint density at radius 2 is 1.78 bits per heavy atom. The summed E-state index contributed by atoms with van der Waals surface area (Å²) in [5, 5.41) is 11.7. The molecule has 0 unspecified atom stereocenters. The molecule has 188 valence electrons. The summed E-state index contributed by atoms with van der Waals surface area (Å²) in [6.07, 6.45) is 0.866. The lowest BCUT2D eigenvalue weighted by atomic mass is 9.94. The molecule has 0 bridgehead atoms. The maximum absolute atomic E-state index is 13.6. The van der Waals surface area contributed by atoms with Crippen LogP contribution in [-0.4, -0.2) is 36.0 Å². The number of carbonyl (C=O) groups excluding carboxylic acids is 2. The minimum Gasteiger partial charge on any atom is -0.507 e. The Kier molecular flexibility index (Phi) is 6.43. The number of benzene rings is 3. The summed E-state index contributed by atoms with van der Waals surface area (Å²) >= 11 is 1.33. The van der Waals surface area contributed by atoms with Crippen LogP contribution in [0.1, 0.15) is 35.2 Å². The van der Waals surface area contributed by atoms with Crippen molar-refractivity contribution in [2.45, 2.75) is 26.3 Å². The number of Topliss-reactive ketones (excluding diaryl/α,β-unsaturated/α-hetero) is 1. The molecule has 1 aliphatic rings. The van der Waals surface area contributed by atoms with Gasteiger partial charge in [-0.3, -0.25) is 14.5 Å². The smallest absolute Gasteiger partial charge is 0.301 e. The number of aryl methyl sites for hydroxylation is 2. The summed E-state index contributed by atoms with van der Waals surface area (Å²) in [6.45, 7) is 4.00. The van der Waals surface area contributed by atoms with Gasteiger partial charge >= 0.3 is 5.91 Å². The molecule has 3 aromatic carbocycles. The second kappa shape index (κ2) is 9.71. The van der Waals surface area contributed by atoms with Gasteiger partial charge in [-0.15, -0.1) is 0 Å². The van der Waals surface area contributed by atoms with E-state index >= 15 is 0 Å². The van der Waals surface area contributed by atoms with Gasteiger partial charge in [0.25, 0.3) is 5.78 Å². The van der Waals surface area contributed by atoms with E-state index in [-0.39, 0.29) is 11.3 Å². The van der Waals surface area contributed by atoms with Crippen LogP contribution in [0.3, 0.4) is 0 Å². The van der Waals surface area contributed by atoms with Crippen molar-refractivity contribution in [3.63, 3.8) is 0 Å². The number of anilines is 1. The quantitative estimate of drug-likeness (QED) is 0.198. The first-order valence-corrected chi connectivity index (χ1v) is 12.7. The highest BCUT2D eigenvalue weighted by molar-refractivity contribution is 7.22. The maximum Gasteiger partial charge on any atom is 0.301 e. The topological polar surface area (TPSA) is 89.0 Å². The zero-order valence-electron chi connectivity index (χ0n) is 20.9. The van der Waals surface area contributed by atoms with Crippen LogP contribution in [0.2, 0.25) is 0 Å².